The summed E-state index contributed by atoms with van der Waals surface area (Å²) in [5.41, 5.74) is 1.49. The van der Waals surface area contributed by atoms with Crippen LogP contribution in [-0.4, -0.2) is 28.3 Å². The van der Waals surface area contributed by atoms with Gasteiger partial charge in [-0.1, -0.05) is 28.8 Å². The molecule has 2 fully saturated rings. The molecule has 1 aromatic rings. The molecule has 106 valence electrons. The van der Waals surface area contributed by atoms with E-state index in [2.05, 4.69) is 32.9 Å². The molecule has 1 aliphatic carbocycles. The number of hydrogen-bond acceptors (Lipinski definition) is 2. The van der Waals surface area contributed by atoms with E-state index in [1.807, 2.05) is 0 Å². The maximum absolute atomic E-state index is 5.69. The predicted molar refractivity (Wildman–Crippen MR) is 79.7 cm³/mol. The monoisotopic (exact) mass is 326 g/mol. The van der Waals surface area contributed by atoms with E-state index in [9.17, 15) is 0 Å². The van der Waals surface area contributed by atoms with Crippen LogP contribution in [0.5, 0.6) is 0 Å². The molecule has 1 unspecified atom stereocenters. The highest BCUT2D eigenvalue weighted by Crippen LogP contribution is 2.35. The molecular weight excluding hydrogens is 304 g/mol. The minimum atomic E-state index is 0.257. The normalized spacial score (nSPS) is 28.9. The average molecular weight is 327 g/mol. The minimum Gasteiger partial charge on any atom is -0.381 e. The fourth-order valence-corrected chi connectivity index (χ4v) is 4.07. The van der Waals surface area contributed by atoms with Gasteiger partial charge >= 0.3 is 0 Å². The molecule has 0 amide bonds. The molecule has 4 heteroatoms. The molecule has 0 aromatic carbocycles. The number of hydrogen-bond donors (Lipinski definition) is 0. The first-order valence-corrected chi connectivity index (χ1v) is 8.61. The summed E-state index contributed by atoms with van der Waals surface area (Å²) in [5, 5.41) is 5.83. The zero-order valence-electron chi connectivity index (χ0n) is 11.5. The highest BCUT2D eigenvalue weighted by molar-refractivity contribution is 9.09. The van der Waals surface area contributed by atoms with E-state index in [4.69, 9.17) is 9.84 Å². The Bertz CT molecular complexity index is 406. The summed E-state index contributed by atoms with van der Waals surface area (Å²) in [6, 6.07) is 2.86. The number of halogens is 1. The maximum atomic E-state index is 5.69. The van der Waals surface area contributed by atoms with Crippen molar-refractivity contribution < 1.29 is 4.74 Å². The Kier molecular flexibility index (Phi) is 4.27. The molecule has 1 saturated heterocycles. The summed E-state index contributed by atoms with van der Waals surface area (Å²) in [6.45, 7) is 1.79. The van der Waals surface area contributed by atoms with Crippen molar-refractivity contribution in [1.29, 1.82) is 0 Å². The Hall–Kier alpha value is -0.350. The standard InChI is InChI=1S/C15H23BrN2O/c16-11-15(7-3-9-19-12-15)10-13-6-8-18(17-13)14-4-1-2-5-14/h6,8,14H,1-5,7,9-12H2. The molecular formula is C15H23BrN2O. The SMILES string of the molecule is BrCC1(Cc2ccn(C3CCCC3)n2)CCCOC1. The number of alkyl halides is 1. The molecule has 0 bridgehead atoms. The van der Waals surface area contributed by atoms with Crippen LogP contribution in [0.25, 0.3) is 0 Å². The predicted octanol–water partition coefficient (Wildman–Crippen LogP) is 3.73. The third kappa shape index (κ3) is 3.05. The van der Waals surface area contributed by atoms with E-state index >= 15 is 0 Å². The van der Waals surface area contributed by atoms with E-state index in [0.717, 1.165) is 25.0 Å². The molecule has 2 heterocycles. The molecule has 0 spiro atoms. The zero-order valence-corrected chi connectivity index (χ0v) is 13.1. The molecule has 3 rings (SSSR count). The first-order chi connectivity index (χ1) is 9.31. The Morgan fingerprint density at radius 1 is 1.37 bits per heavy atom. The molecule has 1 saturated carbocycles. The highest BCUT2D eigenvalue weighted by atomic mass is 79.9. The van der Waals surface area contributed by atoms with E-state index in [-0.39, 0.29) is 5.41 Å². The summed E-state index contributed by atoms with van der Waals surface area (Å²) < 4.78 is 7.89. The van der Waals surface area contributed by atoms with Gasteiger partial charge in [0.05, 0.1) is 18.3 Å². The van der Waals surface area contributed by atoms with Crippen LogP contribution in [-0.2, 0) is 11.2 Å². The number of aromatic nitrogens is 2. The smallest absolute Gasteiger partial charge is 0.0631 e. The van der Waals surface area contributed by atoms with Gasteiger partial charge in [-0.3, -0.25) is 4.68 Å². The lowest BCUT2D eigenvalue weighted by Crippen LogP contribution is -2.35. The lowest BCUT2D eigenvalue weighted by molar-refractivity contribution is 0.00559. The second-order valence-corrected chi connectivity index (χ2v) is 6.75. The molecule has 0 N–H and O–H groups in total. The van der Waals surface area contributed by atoms with Gasteiger partial charge in [0.25, 0.3) is 0 Å². The number of nitrogens with zero attached hydrogens (tertiary/aromatic N) is 2. The second kappa shape index (κ2) is 5.96. The lowest BCUT2D eigenvalue weighted by Gasteiger charge is -2.35. The van der Waals surface area contributed by atoms with Gasteiger partial charge < -0.3 is 4.74 Å². The molecule has 0 radical (unpaired) electrons. The molecule has 1 atom stereocenters. The second-order valence-electron chi connectivity index (χ2n) is 6.19. The van der Waals surface area contributed by atoms with E-state index < -0.39 is 0 Å². The molecule has 1 aromatic heterocycles. The first-order valence-electron chi connectivity index (χ1n) is 7.49. The van der Waals surface area contributed by atoms with Crippen molar-refractivity contribution in [3.63, 3.8) is 0 Å². The summed E-state index contributed by atoms with van der Waals surface area (Å²) in [6.07, 6.45) is 11.0. The fourth-order valence-electron chi connectivity index (χ4n) is 3.43. The number of rotatable bonds is 4. The topological polar surface area (TPSA) is 27.1 Å². The van der Waals surface area contributed by atoms with E-state index in [0.29, 0.717) is 6.04 Å². The van der Waals surface area contributed by atoms with Gasteiger partial charge in [0.15, 0.2) is 0 Å². The fraction of sp³-hybridized carbons (Fsp3) is 0.800. The van der Waals surface area contributed by atoms with Gasteiger partial charge in [0, 0.05) is 30.0 Å². The van der Waals surface area contributed by atoms with Crippen LogP contribution in [0.2, 0.25) is 0 Å². The van der Waals surface area contributed by atoms with Gasteiger partial charge in [-0.15, -0.1) is 0 Å². The molecule has 2 aliphatic rings. The first kappa shape index (κ1) is 13.6. The molecule has 3 nitrogen and oxygen atoms in total. The van der Waals surface area contributed by atoms with Crippen molar-refractivity contribution in [3.05, 3.63) is 18.0 Å². The van der Waals surface area contributed by atoms with Crippen molar-refractivity contribution in [2.45, 2.75) is 51.0 Å². The zero-order chi connectivity index (χ0) is 13.1. The van der Waals surface area contributed by atoms with Gasteiger partial charge in [-0.2, -0.15) is 5.10 Å². The molecule has 1 aliphatic heterocycles. The van der Waals surface area contributed by atoms with Crippen LogP contribution < -0.4 is 0 Å². The van der Waals surface area contributed by atoms with Crippen LogP contribution in [0.4, 0.5) is 0 Å². The van der Waals surface area contributed by atoms with Crippen molar-refractivity contribution in [1.82, 2.24) is 9.78 Å². The van der Waals surface area contributed by atoms with E-state index in [1.165, 1.54) is 44.2 Å². The Morgan fingerprint density at radius 3 is 2.89 bits per heavy atom. The van der Waals surface area contributed by atoms with Crippen LogP contribution in [0, 0.1) is 5.41 Å². The van der Waals surface area contributed by atoms with Gasteiger partial charge in [0.2, 0.25) is 0 Å². The van der Waals surface area contributed by atoms with Gasteiger partial charge in [-0.05, 0) is 31.7 Å². The Morgan fingerprint density at radius 2 is 2.21 bits per heavy atom. The summed E-state index contributed by atoms with van der Waals surface area (Å²) in [4.78, 5) is 0. The van der Waals surface area contributed by atoms with E-state index in [1.54, 1.807) is 0 Å². The van der Waals surface area contributed by atoms with Crippen LogP contribution >= 0.6 is 15.9 Å². The highest BCUT2D eigenvalue weighted by Gasteiger charge is 2.33. The summed E-state index contributed by atoms with van der Waals surface area (Å²) >= 11 is 3.68. The Labute approximate surface area is 123 Å². The molecule has 19 heavy (non-hydrogen) atoms. The third-order valence-electron chi connectivity index (χ3n) is 4.61. The van der Waals surface area contributed by atoms with Crippen molar-refractivity contribution in [2.24, 2.45) is 5.41 Å². The van der Waals surface area contributed by atoms with Gasteiger partial charge in [0.1, 0.15) is 0 Å². The van der Waals surface area contributed by atoms with Crippen molar-refractivity contribution in [2.75, 3.05) is 18.5 Å². The Balaban J connectivity index is 1.68. The van der Waals surface area contributed by atoms with Gasteiger partial charge in [-0.25, -0.2) is 0 Å². The minimum absolute atomic E-state index is 0.257. The van der Waals surface area contributed by atoms with Crippen LogP contribution in [0.1, 0.15) is 50.3 Å². The summed E-state index contributed by atoms with van der Waals surface area (Å²) in [5.74, 6) is 0. The third-order valence-corrected chi connectivity index (χ3v) is 5.80. The quantitative estimate of drug-likeness (QED) is 0.788. The average Bonchev–Trinajstić information content (AvgIpc) is 3.10. The van der Waals surface area contributed by atoms with Crippen LogP contribution in [0.15, 0.2) is 12.3 Å². The van der Waals surface area contributed by atoms with Crippen LogP contribution in [0.3, 0.4) is 0 Å². The number of ether oxygens (including phenoxy) is 1. The maximum Gasteiger partial charge on any atom is 0.0631 e. The lowest BCUT2D eigenvalue weighted by atomic mass is 9.80. The summed E-state index contributed by atoms with van der Waals surface area (Å²) in [7, 11) is 0. The largest absolute Gasteiger partial charge is 0.381 e. The van der Waals surface area contributed by atoms with Crippen molar-refractivity contribution in [3.8, 4) is 0 Å². The van der Waals surface area contributed by atoms with Crippen molar-refractivity contribution >= 4 is 15.9 Å².